The Balaban J connectivity index is 3.00. The molecule has 0 fully saturated rings. The van der Waals surface area contributed by atoms with Crippen molar-refractivity contribution in [3.8, 4) is 0 Å². The fourth-order valence-electron chi connectivity index (χ4n) is 1.43. The molecule has 0 aromatic carbocycles. The molecule has 0 aromatic rings. The number of hydrogen-bond acceptors (Lipinski definition) is 6. The van der Waals surface area contributed by atoms with Gasteiger partial charge in [0, 0.05) is 13.0 Å². The molecule has 0 saturated carbocycles. The molecule has 1 heterocycles. The molecule has 0 aliphatic carbocycles. The normalized spacial score (nSPS) is 27.2. The van der Waals surface area contributed by atoms with Crippen molar-refractivity contribution in [2.24, 2.45) is 0 Å². The van der Waals surface area contributed by atoms with Crippen LogP contribution in [-0.4, -0.2) is 36.0 Å². The van der Waals surface area contributed by atoms with Gasteiger partial charge in [-0.15, -0.1) is 0 Å². The third-order valence-electron chi connectivity index (χ3n) is 2.27. The predicted octanol–water partition coefficient (Wildman–Crippen LogP) is 0.353. The Labute approximate surface area is 98.5 Å². The third-order valence-corrected chi connectivity index (χ3v) is 2.27. The number of esters is 2. The zero-order valence-electron chi connectivity index (χ0n) is 9.89. The summed E-state index contributed by atoms with van der Waals surface area (Å²) in [5.74, 6) is -1.93. The van der Waals surface area contributed by atoms with Gasteiger partial charge >= 0.3 is 11.9 Å². The van der Waals surface area contributed by atoms with Crippen molar-refractivity contribution >= 4 is 17.7 Å². The number of ether oxygens (including phenoxy) is 3. The largest absolute Gasteiger partial charge is 0.479 e. The second-order valence-electron chi connectivity index (χ2n) is 3.64. The molecule has 0 amide bonds. The highest BCUT2D eigenvalue weighted by molar-refractivity contribution is 6.01. The zero-order chi connectivity index (χ0) is 13.1. The Kier molecular flexibility index (Phi) is 3.88. The van der Waals surface area contributed by atoms with Crippen LogP contribution in [0.15, 0.2) is 12.3 Å². The summed E-state index contributed by atoms with van der Waals surface area (Å²) < 4.78 is 14.7. The maximum Gasteiger partial charge on any atom is 0.354 e. The van der Waals surface area contributed by atoms with Gasteiger partial charge in [0.15, 0.2) is 0 Å². The number of hydrogen-bond donors (Lipinski definition) is 0. The standard InChI is InChI=1S/C11H14O6/c1-4-15-10(14)11(3)9(17-7(2)12)8(13)5-6-16-11/h5-6,9H,4H2,1-3H3/t9-,11-/m0/s1. The minimum atomic E-state index is -1.63. The second-order valence-corrected chi connectivity index (χ2v) is 3.64. The highest BCUT2D eigenvalue weighted by Gasteiger charge is 2.52. The molecule has 1 aliphatic rings. The Morgan fingerprint density at radius 2 is 2.18 bits per heavy atom. The van der Waals surface area contributed by atoms with Crippen molar-refractivity contribution in [2.45, 2.75) is 32.5 Å². The number of ketones is 1. The first-order valence-electron chi connectivity index (χ1n) is 5.14. The van der Waals surface area contributed by atoms with E-state index in [1.807, 2.05) is 0 Å². The molecule has 0 radical (unpaired) electrons. The summed E-state index contributed by atoms with van der Waals surface area (Å²) >= 11 is 0. The van der Waals surface area contributed by atoms with Crippen LogP contribution in [-0.2, 0) is 28.6 Å². The van der Waals surface area contributed by atoms with Crippen molar-refractivity contribution in [1.82, 2.24) is 0 Å². The minimum absolute atomic E-state index is 0.141. The predicted molar refractivity (Wildman–Crippen MR) is 55.8 cm³/mol. The van der Waals surface area contributed by atoms with Gasteiger partial charge in [-0.3, -0.25) is 9.59 Å². The smallest absolute Gasteiger partial charge is 0.354 e. The van der Waals surface area contributed by atoms with Crippen LogP contribution in [0.5, 0.6) is 0 Å². The maximum absolute atomic E-state index is 11.7. The second kappa shape index (κ2) is 4.99. The average molecular weight is 242 g/mol. The molecular formula is C11H14O6. The first-order valence-corrected chi connectivity index (χ1v) is 5.14. The fourth-order valence-corrected chi connectivity index (χ4v) is 1.43. The van der Waals surface area contributed by atoms with Gasteiger partial charge in [-0.2, -0.15) is 0 Å². The van der Waals surface area contributed by atoms with E-state index < -0.39 is 29.4 Å². The van der Waals surface area contributed by atoms with Gasteiger partial charge < -0.3 is 14.2 Å². The molecule has 1 rings (SSSR count). The van der Waals surface area contributed by atoms with E-state index in [0.717, 1.165) is 19.3 Å². The van der Waals surface area contributed by atoms with Gasteiger partial charge in [0.25, 0.3) is 0 Å². The number of carbonyl (C=O) groups excluding carboxylic acids is 3. The van der Waals surface area contributed by atoms with Crippen LogP contribution in [0.25, 0.3) is 0 Å². The van der Waals surface area contributed by atoms with Gasteiger partial charge in [-0.1, -0.05) is 0 Å². The van der Waals surface area contributed by atoms with E-state index in [9.17, 15) is 14.4 Å². The van der Waals surface area contributed by atoms with E-state index in [4.69, 9.17) is 14.2 Å². The van der Waals surface area contributed by atoms with E-state index in [2.05, 4.69) is 0 Å². The van der Waals surface area contributed by atoms with Gasteiger partial charge in [0.1, 0.15) is 0 Å². The summed E-state index contributed by atoms with van der Waals surface area (Å²) in [5.41, 5.74) is -1.63. The molecule has 6 heteroatoms. The van der Waals surface area contributed by atoms with Crippen LogP contribution in [0.2, 0.25) is 0 Å². The van der Waals surface area contributed by atoms with Crippen LogP contribution >= 0.6 is 0 Å². The van der Waals surface area contributed by atoms with Gasteiger partial charge in [-0.05, 0) is 13.8 Å². The zero-order valence-corrected chi connectivity index (χ0v) is 9.89. The lowest BCUT2D eigenvalue weighted by molar-refractivity contribution is -0.189. The fraction of sp³-hybridized carbons (Fsp3) is 0.545. The summed E-state index contributed by atoms with van der Waals surface area (Å²) in [5, 5.41) is 0. The van der Waals surface area contributed by atoms with E-state index in [1.165, 1.54) is 6.92 Å². The van der Waals surface area contributed by atoms with Crippen molar-refractivity contribution in [3.05, 3.63) is 12.3 Å². The van der Waals surface area contributed by atoms with Crippen LogP contribution < -0.4 is 0 Å². The lowest BCUT2D eigenvalue weighted by atomic mass is 9.93. The molecule has 0 spiro atoms. The van der Waals surface area contributed by atoms with E-state index >= 15 is 0 Å². The molecule has 2 atom stereocenters. The molecule has 6 nitrogen and oxygen atoms in total. The monoisotopic (exact) mass is 242 g/mol. The summed E-state index contributed by atoms with van der Waals surface area (Å²) in [6.07, 6.45) is 0.887. The molecular weight excluding hydrogens is 228 g/mol. The summed E-state index contributed by atoms with van der Waals surface area (Å²) in [7, 11) is 0. The summed E-state index contributed by atoms with van der Waals surface area (Å²) in [6.45, 7) is 4.27. The van der Waals surface area contributed by atoms with Gasteiger partial charge in [0.05, 0.1) is 12.9 Å². The van der Waals surface area contributed by atoms with Crippen molar-refractivity contribution in [1.29, 1.82) is 0 Å². The molecule has 94 valence electrons. The molecule has 17 heavy (non-hydrogen) atoms. The molecule has 0 bridgehead atoms. The first kappa shape index (κ1) is 13.2. The molecule has 0 aromatic heterocycles. The molecule has 0 unspecified atom stereocenters. The molecule has 0 saturated heterocycles. The first-order chi connectivity index (χ1) is 7.91. The Hall–Kier alpha value is -1.85. The number of carbonyl (C=O) groups is 3. The van der Waals surface area contributed by atoms with Crippen LogP contribution in [0.3, 0.4) is 0 Å². The van der Waals surface area contributed by atoms with Crippen LogP contribution in [0, 0.1) is 0 Å². The van der Waals surface area contributed by atoms with Crippen molar-refractivity contribution in [2.75, 3.05) is 6.61 Å². The Morgan fingerprint density at radius 1 is 1.53 bits per heavy atom. The van der Waals surface area contributed by atoms with E-state index in [1.54, 1.807) is 6.92 Å². The molecule has 1 aliphatic heterocycles. The SMILES string of the molecule is CCOC(=O)[C@@]1(C)OC=CC(=O)[C@@H]1OC(C)=O. The third kappa shape index (κ3) is 2.64. The lowest BCUT2D eigenvalue weighted by Crippen LogP contribution is -2.56. The van der Waals surface area contributed by atoms with Gasteiger partial charge in [0.2, 0.25) is 17.5 Å². The van der Waals surface area contributed by atoms with Crippen LogP contribution in [0.1, 0.15) is 20.8 Å². The summed E-state index contributed by atoms with van der Waals surface area (Å²) in [6, 6.07) is 0. The minimum Gasteiger partial charge on any atom is -0.479 e. The topological polar surface area (TPSA) is 78.9 Å². The Morgan fingerprint density at radius 3 is 2.71 bits per heavy atom. The Bertz CT molecular complexity index is 372. The quantitative estimate of drug-likeness (QED) is 0.664. The highest BCUT2D eigenvalue weighted by atomic mass is 16.6. The van der Waals surface area contributed by atoms with Gasteiger partial charge in [-0.25, -0.2) is 4.79 Å². The maximum atomic E-state index is 11.7. The van der Waals surface area contributed by atoms with Crippen LogP contribution in [0.4, 0.5) is 0 Å². The van der Waals surface area contributed by atoms with Crippen molar-refractivity contribution in [3.63, 3.8) is 0 Å². The lowest BCUT2D eigenvalue weighted by Gasteiger charge is -2.34. The number of rotatable bonds is 3. The highest BCUT2D eigenvalue weighted by Crippen LogP contribution is 2.26. The molecule has 0 N–H and O–H groups in total. The average Bonchev–Trinajstić information content (AvgIpc) is 2.24. The van der Waals surface area contributed by atoms with Crippen molar-refractivity contribution < 1.29 is 28.6 Å². The van der Waals surface area contributed by atoms with E-state index in [-0.39, 0.29) is 6.61 Å². The summed E-state index contributed by atoms with van der Waals surface area (Å²) in [4.78, 5) is 34.3. The van der Waals surface area contributed by atoms with E-state index in [0.29, 0.717) is 0 Å².